The number of fused-ring (bicyclic) bond motifs is 1. The van der Waals surface area contributed by atoms with E-state index in [0.717, 1.165) is 24.8 Å². The quantitative estimate of drug-likeness (QED) is 0.735. The van der Waals surface area contributed by atoms with Gasteiger partial charge in [-0.3, -0.25) is 4.79 Å². The molecule has 0 saturated heterocycles. The monoisotopic (exact) mass is 396 g/mol. The summed E-state index contributed by atoms with van der Waals surface area (Å²) >= 11 is 1.55. The van der Waals surface area contributed by atoms with Gasteiger partial charge in [-0.05, 0) is 62.1 Å². The van der Waals surface area contributed by atoms with Crippen molar-refractivity contribution in [3.8, 4) is 11.8 Å². The van der Waals surface area contributed by atoms with Gasteiger partial charge in [0.1, 0.15) is 16.8 Å². The maximum atomic E-state index is 12.9. The Morgan fingerprint density at radius 3 is 2.50 bits per heavy atom. The van der Waals surface area contributed by atoms with Gasteiger partial charge in [-0.25, -0.2) is 0 Å². The molecule has 1 aliphatic rings. The molecule has 1 aromatic carbocycles. The first-order chi connectivity index (χ1) is 13.1. The summed E-state index contributed by atoms with van der Waals surface area (Å²) in [6, 6.07) is 11.6. The number of carbonyl (C=O) groups excluding carboxylic acids is 1. The van der Waals surface area contributed by atoms with Crippen LogP contribution in [0.4, 0.5) is 5.00 Å². The van der Waals surface area contributed by atoms with Crippen LogP contribution in [0.2, 0.25) is 0 Å². The molecule has 0 bridgehead atoms. The standard InChI is InChI=1S/C23H28N2O2S/c1-22(2,3)15-11-12-17-18(14-24)20(28-19(17)13-15)25-21(26)23(4,5)27-16-9-7-6-8-10-16/h6-10,15H,11-13H2,1-5H3,(H,25,26). The van der Waals surface area contributed by atoms with Gasteiger partial charge in [0.15, 0.2) is 5.60 Å². The van der Waals surface area contributed by atoms with Crippen molar-refractivity contribution in [3.63, 3.8) is 0 Å². The molecule has 28 heavy (non-hydrogen) atoms. The maximum Gasteiger partial charge on any atom is 0.268 e. The lowest BCUT2D eigenvalue weighted by Crippen LogP contribution is -2.42. The number of para-hydroxylation sites is 1. The van der Waals surface area contributed by atoms with Crippen LogP contribution < -0.4 is 10.1 Å². The van der Waals surface area contributed by atoms with Crippen molar-refractivity contribution in [2.75, 3.05) is 5.32 Å². The van der Waals surface area contributed by atoms with E-state index < -0.39 is 5.60 Å². The predicted molar refractivity (Wildman–Crippen MR) is 114 cm³/mol. The molecule has 5 heteroatoms. The SMILES string of the molecule is CC(C)(Oc1ccccc1)C(=O)Nc1sc2c(c1C#N)CCC(C(C)(C)C)C2. The third kappa shape index (κ3) is 4.23. The summed E-state index contributed by atoms with van der Waals surface area (Å²) in [6.45, 7) is 10.3. The number of nitriles is 1. The molecular weight excluding hydrogens is 368 g/mol. The predicted octanol–water partition coefficient (Wildman–Crippen LogP) is 5.57. The zero-order chi connectivity index (χ0) is 20.5. The second-order valence-corrected chi connectivity index (χ2v) is 10.1. The van der Waals surface area contributed by atoms with Crippen molar-refractivity contribution in [1.82, 2.24) is 0 Å². The topological polar surface area (TPSA) is 62.1 Å². The molecule has 148 valence electrons. The molecule has 0 saturated carbocycles. The number of benzene rings is 1. The van der Waals surface area contributed by atoms with Gasteiger partial charge in [0, 0.05) is 4.88 Å². The summed E-state index contributed by atoms with van der Waals surface area (Å²) in [6.07, 6.45) is 2.95. The minimum absolute atomic E-state index is 0.239. The van der Waals surface area contributed by atoms with Crippen LogP contribution >= 0.6 is 11.3 Å². The van der Waals surface area contributed by atoms with Crippen molar-refractivity contribution in [1.29, 1.82) is 5.26 Å². The van der Waals surface area contributed by atoms with E-state index in [-0.39, 0.29) is 11.3 Å². The van der Waals surface area contributed by atoms with E-state index >= 15 is 0 Å². The van der Waals surface area contributed by atoms with Gasteiger partial charge < -0.3 is 10.1 Å². The van der Waals surface area contributed by atoms with Crippen LogP contribution in [0.1, 0.15) is 57.0 Å². The van der Waals surface area contributed by atoms with Crippen molar-refractivity contribution in [3.05, 3.63) is 46.3 Å². The van der Waals surface area contributed by atoms with Crippen molar-refractivity contribution < 1.29 is 9.53 Å². The molecule has 1 atom stereocenters. The normalized spacial score (nSPS) is 16.8. The Labute approximate surface area is 171 Å². The largest absolute Gasteiger partial charge is 0.478 e. The molecule has 0 spiro atoms. The Balaban J connectivity index is 1.80. The van der Waals surface area contributed by atoms with Crippen molar-refractivity contribution >= 4 is 22.2 Å². The molecule has 1 unspecified atom stereocenters. The molecule has 1 amide bonds. The maximum absolute atomic E-state index is 12.9. The van der Waals surface area contributed by atoms with Crippen LogP contribution in [-0.2, 0) is 17.6 Å². The number of thiophene rings is 1. The highest BCUT2D eigenvalue weighted by Crippen LogP contribution is 2.44. The lowest BCUT2D eigenvalue weighted by Gasteiger charge is -2.33. The minimum Gasteiger partial charge on any atom is -0.478 e. The third-order valence-corrected chi connectivity index (χ3v) is 6.66. The Morgan fingerprint density at radius 1 is 1.21 bits per heavy atom. The van der Waals surface area contributed by atoms with Crippen LogP contribution in [0.5, 0.6) is 5.75 Å². The highest BCUT2D eigenvalue weighted by molar-refractivity contribution is 7.16. The smallest absolute Gasteiger partial charge is 0.268 e. The first-order valence-electron chi connectivity index (χ1n) is 9.72. The van der Waals surface area contributed by atoms with Crippen molar-refractivity contribution in [2.24, 2.45) is 11.3 Å². The number of amides is 1. The lowest BCUT2D eigenvalue weighted by molar-refractivity contribution is -0.128. The molecule has 0 radical (unpaired) electrons. The van der Waals surface area contributed by atoms with Crippen LogP contribution in [-0.4, -0.2) is 11.5 Å². The first kappa shape index (κ1) is 20.4. The zero-order valence-corrected chi connectivity index (χ0v) is 18.1. The summed E-state index contributed by atoms with van der Waals surface area (Å²) in [4.78, 5) is 14.1. The summed E-state index contributed by atoms with van der Waals surface area (Å²) in [5.41, 5.74) is 0.928. The number of nitrogens with one attached hydrogen (secondary N) is 1. The zero-order valence-electron chi connectivity index (χ0n) is 17.3. The van der Waals surface area contributed by atoms with Gasteiger partial charge in [-0.2, -0.15) is 5.26 Å². The fourth-order valence-corrected chi connectivity index (χ4v) is 4.89. The lowest BCUT2D eigenvalue weighted by atomic mass is 9.72. The molecule has 1 aromatic heterocycles. The fourth-order valence-electron chi connectivity index (χ4n) is 3.61. The van der Waals surface area contributed by atoms with Crippen molar-refractivity contribution in [2.45, 2.75) is 59.5 Å². The molecule has 1 aliphatic carbocycles. The Bertz CT molecular complexity index is 901. The number of nitrogens with zero attached hydrogens (tertiary/aromatic N) is 1. The number of carbonyl (C=O) groups is 1. The van der Waals surface area contributed by atoms with Gasteiger partial charge in [0.05, 0.1) is 5.56 Å². The second kappa shape index (κ2) is 7.60. The molecular formula is C23H28N2O2S. The average molecular weight is 397 g/mol. The van der Waals surface area contributed by atoms with Gasteiger partial charge in [0.2, 0.25) is 0 Å². The Kier molecular flexibility index (Phi) is 5.54. The van der Waals surface area contributed by atoms with Gasteiger partial charge in [0.25, 0.3) is 5.91 Å². The average Bonchev–Trinajstić information content (AvgIpc) is 2.97. The van der Waals surface area contributed by atoms with E-state index in [0.29, 0.717) is 22.2 Å². The molecule has 0 fully saturated rings. The fraction of sp³-hybridized carbons (Fsp3) is 0.478. The molecule has 4 nitrogen and oxygen atoms in total. The number of ether oxygens (including phenoxy) is 1. The minimum atomic E-state index is -1.05. The number of anilines is 1. The number of hydrogen-bond donors (Lipinski definition) is 1. The number of hydrogen-bond acceptors (Lipinski definition) is 4. The summed E-state index contributed by atoms with van der Waals surface area (Å²) < 4.78 is 5.88. The van der Waals surface area contributed by atoms with E-state index in [1.807, 2.05) is 30.3 Å². The van der Waals surface area contributed by atoms with Crippen LogP contribution in [0.25, 0.3) is 0 Å². The molecule has 2 aromatic rings. The van der Waals surface area contributed by atoms with Crippen LogP contribution in [0.15, 0.2) is 30.3 Å². The molecule has 1 N–H and O–H groups in total. The van der Waals surface area contributed by atoms with Crippen LogP contribution in [0.3, 0.4) is 0 Å². The van der Waals surface area contributed by atoms with E-state index in [9.17, 15) is 10.1 Å². The molecule has 3 rings (SSSR count). The van der Waals surface area contributed by atoms with Gasteiger partial charge in [-0.15, -0.1) is 11.3 Å². The van der Waals surface area contributed by atoms with Gasteiger partial charge in [-0.1, -0.05) is 39.0 Å². The summed E-state index contributed by atoms with van der Waals surface area (Å²) in [7, 11) is 0. The third-order valence-electron chi connectivity index (χ3n) is 5.49. The van der Waals surface area contributed by atoms with Crippen LogP contribution in [0, 0.1) is 22.7 Å². The summed E-state index contributed by atoms with van der Waals surface area (Å²) in [5.74, 6) is 0.979. The van der Waals surface area contributed by atoms with E-state index in [1.54, 1.807) is 25.2 Å². The van der Waals surface area contributed by atoms with E-state index in [1.165, 1.54) is 4.88 Å². The Morgan fingerprint density at radius 2 is 1.89 bits per heavy atom. The first-order valence-corrected chi connectivity index (χ1v) is 10.5. The highest BCUT2D eigenvalue weighted by atomic mass is 32.1. The molecule has 1 heterocycles. The highest BCUT2D eigenvalue weighted by Gasteiger charge is 2.35. The summed E-state index contributed by atoms with van der Waals surface area (Å²) in [5, 5.41) is 13.3. The van der Waals surface area contributed by atoms with Gasteiger partial charge >= 0.3 is 0 Å². The second-order valence-electron chi connectivity index (χ2n) is 9.01. The number of rotatable bonds is 4. The molecule has 0 aliphatic heterocycles. The Hall–Kier alpha value is -2.32. The van der Waals surface area contributed by atoms with E-state index in [2.05, 4.69) is 32.2 Å². The van der Waals surface area contributed by atoms with E-state index in [4.69, 9.17) is 4.74 Å².